The zero-order valence-electron chi connectivity index (χ0n) is 6.64. The van der Waals surface area contributed by atoms with Crippen molar-refractivity contribution in [3.63, 3.8) is 0 Å². The minimum absolute atomic E-state index is 0.173. The number of nitrogens with zero attached hydrogens (tertiary/aromatic N) is 1. The maximum Gasteiger partial charge on any atom is 0.0932 e. The van der Waals surface area contributed by atoms with E-state index in [9.17, 15) is 0 Å². The van der Waals surface area contributed by atoms with E-state index in [1.54, 1.807) is 11.3 Å². The van der Waals surface area contributed by atoms with Gasteiger partial charge in [-0.2, -0.15) is 0 Å². The summed E-state index contributed by atoms with van der Waals surface area (Å²) < 4.78 is 0. The first-order valence-electron chi connectivity index (χ1n) is 3.28. The molecule has 2 heteroatoms. The second-order valence-electron chi connectivity index (χ2n) is 3.38. The third-order valence-corrected chi connectivity index (χ3v) is 2.02. The predicted molar refractivity (Wildman–Crippen MR) is 45.3 cm³/mol. The highest BCUT2D eigenvalue weighted by atomic mass is 32.1. The Bertz CT molecular complexity index is 219. The SMILES string of the molecule is [CH2]c1nc(C(C)(C)C)cs1. The van der Waals surface area contributed by atoms with Gasteiger partial charge in [-0.05, 0) is 0 Å². The molecule has 0 aromatic carbocycles. The highest BCUT2D eigenvalue weighted by molar-refractivity contribution is 7.09. The molecule has 1 heterocycles. The molecule has 1 rings (SSSR count). The lowest BCUT2D eigenvalue weighted by atomic mass is 9.93. The van der Waals surface area contributed by atoms with Gasteiger partial charge in [0.15, 0.2) is 0 Å². The van der Waals surface area contributed by atoms with Crippen LogP contribution in [-0.4, -0.2) is 4.98 Å². The summed E-state index contributed by atoms with van der Waals surface area (Å²) in [4.78, 5) is 4.29. The molecule has 0 atom stereocenters. The Hall–Kier alpha value is -0.370. The Morgan fingerprint density at radius 2 is 2.10 bits per heavy atom. The fraction of sp³-hybridized carbons (Fsp3) is 0.500. The maximum absolute atomic E-state index is 4.29. The van der Waals surface area contributed by atoms with Crippen molar-refractivity contribution in [1.29, 1.82) is 0 Å². The standard InChI is InChI=1S/C8H12NS/c1-6-9-7(5-10-6)8(2,3)4/h5H,1H2,2-4H3. The second-order valence-corrected chi connectivity index (χ2v) is 4.32. The topological polar surface area (TPSA) is 12.9 Å². The predicted octanol–water partition coefficient (Wildman–Crippen LogP) is 2.62. The molecular formula is C8H12NS. The zero-order chi connectivity index (χ0) is 7.78. The molecule has 0 saturated carbocycles. The molecular weight excluding hydrogens is 142 g/mol. The highest BCUT2D eigenvalue weighted by Gasteiger charge is 2.15. The minimum Gasteiger partial charge on any atom is -0.246 e. The Balaban J connectivity index is 2.96. The molecule has 10 heavy (non-hydrogen) atoms. The molecule has 55 valence electrons. The molecule has 1 radical (unpaired) electrons. The van der Waals surface area contributed by atoms with Crippen LogP contribution in [-0.2, 0) is 5.41 Å². The Labute approximate surface area is 66.1 Å². The van der Waals surface area contributed by atoms with Crippen LogP contribution in [0.3, 0.4) is 0 Å². The van der Waals surface area contributed by atoms with Gasteiger partial charge < -0.3 is 0 Å². The molecule has 0 bridgehead atoms. The van der Waals surface area contributed by atoms with Crippen LogP contribution in [0.5, 0.6) is 0 Å². The number of rotatable bonds is 0. The summed E-state index contributed by atoms with van der Waals surface area (Å²) in [6, 6.07) is 0. The molecule has 1 aromatic heterocycles. The van der Waals surface area contributed by atoms with Crippen LogP contribution >= 0.6 is 11.3 Å². The van der Waals surface area contributed by atoms with E-state index < -0.39 is 0 Å². The van der Waals surface area contributed by atoms with E-state index in [-0.39, 0.29) is 5.41 Å². The quantitative estimate of drug-likeness (QED) is 0.559. The van der Waals surface area contributed by atoms with Gasteiger partial charge in [-0.25, -0.2) is 4.98 Å². The smallest absolute Gasteiger partial charge is 0.0932 e. The van der Waals surface area contributed by atoms with Crippen molar-refractivity contribution in [2.24, 2.45) is 0 Å². The van der Waals surface area contributed by atoms with Gasteiger partial charge >= 0.3 is 0 Å². The lowest BCUT2D eigenvalue weighted by Gasteiger charge is -2.13. The summed E-state index contributed by atoms with van der Waals surface area (Å²) in [6.07, 6.45) is 0. The van der Waals surface area contributed by atoms with Crippen molar-refractivity contribution in [1.82, 2.24) is 4.98 Å². The first kappa shape index (κ1) is 7.73. The van der Waals surface area contributed by atoms with Gasteiger partial charge in [0.05, 0.1) is 10.7 Å². The van der Waals surface area contributed by atoms with Crippen molar-refractivity contribution in [3.8, 4) is 0 Å². The number of hydrogen-bond donors (Lipinski definition) is 0. The normalized spacial score (nSPS) is 12.0. The van der Waals surface area contributed by atoms with E-state index in [0.29, 0.717) is 0 Å². The Kier molecular flexibility index (Phi) is 1.82. The van der Waals surface area contributed by atoms with Crippen LogP contribution < -0.4 is 0 Å². The summed E-state index contributed by atoms with van der Waals surface area (Å²) >= 11 is 1.61. The first-order chi connectivity index (χ1) is 4.50. The number of thiazole rings is 1. The summed E-state index contributed by atoms with van der Waals surface area (Å²) in [5, 5.41) is 2.98. The molecule has 1 nitrogen and oxygen atoms in total. The van der Waals surface area contributed by atoms with Gasteiger partial charge in [0.2, 0.25) is 0 Å². The number of aromatic nitrogens is 1. The fourth-order valence-corrected chi connectivity index (χ4v) is 1.46. The minimum atomic E-state index is 0.173. The van der Waals surface area contributed by atoms with E-state index in [0.717, 1.165) is 10.7 Å². The summed E-state index contributed by atoms with van der Waals surface area (Å²) in [6.45, 7) is 10.2. The van der Waals surface area contributed by atoms with Gasteiger partial charge in [0.1, 0.15) is 0 Å². The molecule has 0 aliphatic rings. The van der Waals surface area contributed by atoms with E-state index in [1.165, 1.54) is 0 Å². The van der Waals surface area contributed by atoms with Gasteiger partial charge in [0, 0.05) is 17.7 Å². The van der Waals surface area contributed by atoms with Crippen LogP contribution in [0.25, 0.3) is 0 Å². The van der Waals surface area contributed by atoms with E-state index in [1.807, 2.05) is 0 Å². The Morgan fingerprint density at radius 1 is 1.50 bits per heavy atom. The van der Waals surface area contributed by atoms with Crippen molar-refractivity contribution in [2.75, 3.05) is 0 Å². The largest absolute Gasteiger partial charge is 0.246 e. The van der Waals surface area contributed by atoms with Gasteiger partial charge in [-0.3, -0.25) is 0 Å². The monoisotopic (exact) mass is 154 g/mol. The molecule has 0 spiro atoms. The van der Waals surface area contributed by atoms with Crippen LogP contribution in [0.1, 0.15) is 31.5 Å². The van der Waals surface area contributed by atoms with Gasteiger partial charge in [-0.15, -0.1) is 11.3 Å². The van der Waals surface area contributed by atoms with E-state index in [4.69, 9.17) is 0 Å². The highest BCUT2D eigenvalue weighted by Crippen LogP contribution is 2.22. The summed E-state index contributed by atoms with van der Waals surface area (Å²) in [7, 11) is 0. The third-order valence-electron chi connectivity index (χ3n) is 1.32. The van der Waals surface area contributed by atoms with Crippen molar-refractivity contribution in [3.05, 3.63) is 23.0 Å². The summed E-state index contributed by atoms with van der Waals surface area (Å²) in [5.41, 5.74) is 1.31. The third kappa shape index (κ3) is 1.57. The van der Waals surface area contributed by atoms with Gasteiger partial charge in [0.25, 0.3) is 0 Å². The van der Waals surface area contributed by atoms with Crippen LogP contribution in [0, 0.1) is 6.92 Å². The fourth-order valence-electron chi connectivity index (χ4n) is 0.655. The first-order valence-corrected chi connectivity index (χ1v) is 4.16. The average Bonchev–Trinajstić information content (AvgIpc) is 2.11. The zero-order valence-corrected chi connectivity index (χ0v) is 7.46. The lowest BCUT2D eigenvalue weighted by molar-refractivity contribution is 0.572. The molecule has 1 aromatic rings. The van der Waals surface area contributed by atoms with Crippen molar-refractivity contribution < 1.29 is 0 Å². The lowest BCUT2D eigenvalue weighted by Crippen LogP contribution is -2.11. The van der Waals surface area contributed by atoms with Crippen LogP contribution in [0.4, 0.5) is 0 Å². The average molecular weight is 154 g/mol. The van der Waals surface area contributed by atoms with Crippen molar-refractivity contribution in [2.45, 2.75) is 26.2 Å². The molecule has 0 amide bonds. The van der Waals surface area contributed by atoms with Crippen LogP contribution in [0.2, 0.25) is 0 Å². The van der Waals surface area contributed by atoms with Gasteiger partial charge in [-0.1, -0.05) is 20.8 Å². The molecule has 0 aliphatic heterocycles. The van der Waals surface area contributed by atoms with Crippen LogP contribution in [0.15, 0.2) is 5.38 Å². The van der Waals surface area contributed by atoms with E-state index >= 15 is 0 Å². The summed E-state index contributed by atoms with van der Waals surface area (Å²) in [5.74, 6) is 0. The molecule has 0 saturated heterocycles. The molecule has 0 unspecified atom stereocenters. The Morgan fingerprint density at radius 3 is 2.30 bits per heavy atom. The second kappa shape index (κ2) is 2.35. The molecule has 0 fully saturated rings. The molecule has 0 N–H and O–H groups in total. The molecule has 0 aliphatic carbocycles. The van der Waals surface area contributed by atoms with E-state index in [2.05, 4.69) is 38.1 Å². The number of hydrogen-bond acceptors (Lipinski definition) is 2. The van der Waals surface area contributed by atoms with Crippen molar-refractivity contribution >= 4 is 11.3 Å². The maximum atomic E-state index is 4.29.